The Balaban J connectivity index is 1.80. The molecule has 0 bridgehead atoms. The van der Waals surface area contributed by atoms with Gasteiger partial charge in [-0.25, -0.2) is 4.98 Å². The van der Waals surface area contributed by atoms with Crippen molar-refractivity contribution in [2.24, 2.45) is 0 Å². The highest BCUT2D eigenvalue weighted by atomic mass is 35.5. The van der Waals surface area contributed by atoms with Crippen molar-refractivity contribution < 1.29 is 17.9 Å². The van der Waals surface area contributed by atoms with Crippen LogP contribution in [-0.4, -0.2) is 24.2 Å². The van der Waals surface area contributed by atoms with E-state index in [0.29, 0.717) is 19.3 Å². The molecule has 0 saturated heterocycles. The predicted octanol–water partition coefficient (Wildman–Crippen LogP) is 4.12. The number of hydrogen-bond donors (Lipinski definition) is 1. The second kappa shape index (κ2) is 6.63. The fourth-order valence-electron chi connectivity index (χ4n) is 2.17. The smallest absolute Gasteiger partial charge is 0.376 e. The molecule has 1 aliphatic carbocycles. The van der Waals surface area contributed by atoms with Crippen LogP contribution in [0.1, 0.15) is 31.2 Å². The Kier molecular flexibility index (Phi) is 5.10. The van der Waals surface area contributed by atoms with Crippen LogP contribution in [0.15, 0.2) is 12.3 Å². The van der Waals surface area contributed by atoms with Gasteiger partial charge in [0.05, 0.1) is 23.3 Å². The summed E-state index contributed by atoms with van der Waals surface area (Å²) >= 11 is 5.78. The van der Waals surface area contributed by atoms with Gasteiger partial charge >= 0.3 is 6.18 Å². The minimum absolute atomic E-state index is 0.0410. The summed E-state index contributed by atoms with van der Waals surface area (Å²) in [6.45, 7) is 0.957. The highest BCUT2D eigenvalue weighted by Gasteiger charge is 2.31. The molecule has 1 aromatic heterocycles. The monoisotopic (exact) mass is 308 g/mol. The van der Waals surface area contributed by atoms with E-state index >= 15 is 0 Å². The van der Waals surface area contributed by atoms with Gasteiger partial charge in [0.25, 0.3) is 0 Å². The Labute approximate surface area is 120 Å². The molecule has 0 aromatic carbocycles. The van der Waals surface area contributed by atoms with E-state index in [9.17, 15) is 13.2 Å². The summed E-state index contributed by atoms with van der Waals surface area (Å²) in [5.74, 6) is 0.245. The first-order valence-corrected chi connectivity index (χ1v) is 6.93. The van der Waals surface area contributed by atoms with Crippen LogP contribution in [0.25, 0.3) is 0 Å². The number of ether oxygens (including phenoxy) is 1. The molecule has 1 N–H and O–H groups in total. The zero-order valence-corrected chi connectivity index (χ0v) is 11.6. The van der Waals surface area contributed by atoms with Crippen LogP contribution in [0.4, 0.5) is 19.0 Å². The van der Waals surface area contributed by atoms with E-state index in [-0.39, 0.29) is 10.8 Å². The Morgan fingerprint density at radius 3 is 2.65 bits per heavy atom. The average Bonchev–Trinajstić information content (AvgIpc) is 2.88. The molecular formula is C13H16ClF3N2O. The molecule has 1 fully saturated rings. The number of nitrogens with one attached hydrogen (secondary N) is 1. The van der Waals surface area contributed by atoms with Crippen molar-refractivity contribution in [2.75, 3.05) is 18.5 Å². The number of alkyl halides is 3. The van der Waals surface area contributed by atoms with Gasteiger partial charge in [-0.05, 0) is 18.9 Å². The topological polar surface area (TPSA) is 34.2 Å². The fourth-order valence-corrected chi connectivity index (χ4v) is 2.41. The highest BCUT2D eigenvalue weighted by Crippen LogP contribution is 2.32. The average molecular weight is 309 g/mol. The van der Waals surface area contributed by atoms with Gasteiger partial charge < -0.3 is 10.1 Å². The first-order chi connectivity index (χ1) is 9.47. The summed E-state index contributed by atoms with van der Waals surface area (Å²) in [6, 6.07) is 0.870. The summed E-state index contributed by atoms with van der Waals surface area (Å²) in [4.78, 5) is 3.70. The van der Waals surface area contributed by atoms with Crippen molar-refractivity contribution in [2.45, 2.75) is 38.0 Å². The standard InChI is InChI=1S/C13H16ClF3N2O/c14-11-7-9(13(15,16)17)8-19-12(11)18-5-6-20-10-3-1-2-4-10/h7-8,10H,1-6H2,(H,18,19). The Hall–Kier alpha value is -1.01. The third-order valence-corrected chi connectivity index (χ3v) is 3.51. The van der Waals surface area contributed by atoms with Crippen LogP contribution >= 0.6 is 11.6 Å². The van der Waals surface area contributed by atoms with E-state index in [2.05, 4.69) is 10.3 Å². The Morgan fingerprint density at radius 1 is 1.35 bits per heavy atom. The molecule has 0 aliphatic heterocycles. The lowest BCUT2D eigenvalue weighted by Gasteiger charge is -2.13. The quantitative estimate of drug-likeness (QED) is 0.831. The van der Waals surface area contributed by atoms with Crippen LogP contribution in [0, 0.1) is 0 Å². The molecule has 1 saturated carbocycles. The number of anilines is 1. The molecule has 112 valence electrons. The molecule has 0 spiro atoms. The van der Waals surface area contributed by atoms with Crippen LogP contribution in [-0.2, 0) is 10.9 Å². The summed E-state index contributed by atoms with van der Waals surface area (Å²) in [7, 11) is 0. The minimum atomic E-state index is -4.43. The number of halogens is 4. The van der Waals surface area contributed by atoms with E-state index in [1.807, 2.05) is 0 Å². The third-order valence-electron chi connectivity index (χ3n) is 3.22. The van der Waals surface area contributed by atoms with Crippen molar-refractivity contribution in [3.63, 3.8) is 0 Å². The molecule has 0 radical (unpaired) electrons. The number of hydrogen-bond acceptors (Lipinski definition) is 3. The van der Waals surface area contributed by atoms with E-state index in [4.69, 9.17) is 16.3 Å². The summed E-state index contributed by atoms with van der Waals surface area (Å²) in [6.07, 6.45) is 1.22. The molecule has 1 heterocycles. The number of pyridine rings is 1. The zero-order chi connectivity index (χ0) is 14.6. The van der Waals surface area contributed by atoms with Crippen molar-refractivity contribution in [3.8, 4) is 0 Å². The molecule has 1 aliphatic rings. The van der Waals surface area contributed by atoms with E-state index in [0.717, 1.165) is 25.1 Å². The lowest BCUT2D eigenvalue weighted by Crippen LogP contribution is -2.16. The van der Waals surface area contributed by atoms with Gasteiger partial charge in [0, 0.05) is 12.7 Å². The maximum Gasteiger partial charge on any atom is 0.417 e. The van der Waals surface area contributed by atoms with Crippen molar-refractivity contribution in [1.29, 1.82) is 0 Å². The van der Waals surface area contributed by atoms with Gasteiger partial charge in [0.2, 0.25) is 0 Å². The zero-order valence-electron chi connectivity index (χ0n) is 10.8. The first-order valence-electron chi connectivity index (χ1n) is 6.55. The highest BCUT2D eigenvalue weighted by molar-refractivity contribution is 6.32. The van der Waals surface area contributed by atoms with Gasteiger partial charge in [0.1, 0.15) is 5.82 Å². The lowest BCUT2D eigenvalue weighted by molar-refractivity contribution is -0.137. The van der Waals surface area contributed by atoms with Gasteiger partial charge in [-0.1, -0.05) is 24.4 Å². The van der Waals surface area contributed by atoms with Gasteiger partial charge in [-0.2, -0.15) is 13.2 Å². The first kappa shape index (κ1) is 15.4. The van der Waals surface area contributed by atoms with E-state index in [1.165, 1.54) is 12.8 Å². The Bertz CT molecular complexity index is 448. The van der Waals surface area contributed by atoms with Gasteiger partial charge in [0.15, 0.2) is 0 Å². The largest absolute Gasteiger partial charge is 0.417 e. The molecule has 1 aromatic rings. The normalized spacial score (nSPS) is 16.6. The van der Waals surface area contributed by atoms with Crippen LogP contribution in [0.2, 0.25) is 5.02 Å². The lowest BCUT2D eigenvalue weighted by atomic mass is 10.3. The fraction of sp³-hybridized carbons (Fsp3) is 0.615. The predicted molar refractivity (Wildman–Crippen MR) is 70.9 cm³/mol. The third kappa shape index (κ3) is 4.24. The minimum Gasteiger partial charge on any atom is -0.376 e. The van der Waals surface area contributed by atoms with Crippen molar-refractivity contribution >= 4 is 17.4 Å². The molecule has 2 rings (SSSR count). The maximum atomic E-state index is 12.4. The SMILES string of the molecule is FC(F)(F)c1cnc(NCCOC2CCCC2)c(Cl)c1. The second-order valence-corrected chi connectivity index (χ2v) is 5.16. The molecule has 0 amide bonds. The summed E-state index contributed by atoms with van der Waals surface area (Å²) < 4.78 is 42.9. The molecular weight excluding hydrogens is 293 g/mol. The maximum absolute atomic E-state index is 12.4. The number of rotatable bonds is 5. The van der Waals surface area contributed by atoms with E-state index < -0.39 is 11.7 Å². The molecule has 20 heavy (non-hydrogen) atoms. The second-order valence-electron chi connectivity index (χ2n) is 4.76. The van der Waals surface area contributed by atoms with E-state index in [1.54, 1.807) is 0 Å². The number of aromatic nitrogens is 1. The van der Waals surface area contributed by atoms with Crippen molar-refractivity contribution in [1.82, 2.24) is 4.98 Å². The summed E-state index contributed by atoms with van der Waals surface area (Å²) in [5.41, 5.74) is -0.852. The van der Waals surface area contributed by atoms with Crippen LogP contribution in [0.5, 0.6) is 0 Å². The molecule has 3 nitrogen and oxygen atoms in total. The number of nitrogens with zero attached hydrogens (tertiary/aromatic N) is 1. The van der Waals surface area contributed by atoms with Crippen LogP contribution < -0.4 is 5.32 Å². The Morgan fingerprint density at radius 2 is 2.05 bits per heavy atom. The molecule has 0 unspecified atom stereocenters. The molecule has 0 atom stereocenters. The van der Waals surface area contributed by atoms with Gasteiger partial charge in [-0.15, -0.1) is 0 Å². The molecule has 7 heteroatoms. The summed E-state index contributed by atoms with van der Waals surface area (Å²) in [5, 5.41) is 2.84. The van der Waals surface area contributed by atoms with Crippen molar-refractivity contribution in [3.05, 3.63) is 22.8 Å². The van der Waals surface area contributed by atoms with Gasteiger partial charge in [-0.3, -0.25) is 0 Å². The van der Waals surface area contributed by atoms with Crippen LogP contribution in [0.3, 0.4) is 0 Å².